The van der Waals surface area contributed by atoms with E-state index in [4.69, 9.17) is 9.47 Å². The molecule has 0 fully saturated rings. The maximum absolute atomic E-state index is 5.78. The number of hydrogen-bond acceptors (Lipinski definition) is 4. The van der Waals surface area contributed by atoms with Crippen LogP contribution in [0.4, 0.5) is 0 Å². The van der Waals surface area contributed by atoms with E-state index in [-0.39, 0.29) is 12.1 Å². The summed E-state index contributed by atoms with van der Waals surface area (Å²) in [7, 11) is 3.45. The minimum absolute atomic E-state index is 0.0728. The first kappa shape index (κ1) is 23.6. The molecular formula is C30H32N2O2. The van der Waals surface area contributed by atoms with Crippen LogP contribution in [-0.4, -0.2) is 14.2 Å². The normalized spacial score (nSPS) is 12.6. The smallest absolute Gasteiger partial charge is 0.123 e. The van der Waals surface area contributed by atoms with Crippen molar-refractivity contribution in [2.24, 2.45) is 0 Å². The number of rotatable bonds is 11. The highest BCUT2D eigenvalue weighted by atomic mass is 16.5. The lowest BCUT2D eigenvalue weighted by Crippen LogP contribution is -2.35. The second-order valence-electron chi connectivity index (χ2n) is 8.17. The van der Waals surface area contributed by atoms with E-state index in [0.717, 1.165) is 35.7 Å². The molecule has 0 saturated carbocycles. The Kier molecular flexibility index (Phi) is 8.33. The summed E-state index contributed by atoms with van der Waals surface area (Å²) in [4.78, 5) is 0. The van der Waals surface area contributed by atoms with Crippen LogP contribution in [0.2, 0.25) is 0 Å². The monoisotopic (exact) mass is 452 g/mol. The summed E-state index contributed by atoms with van der Waals surface area (Å²) in [6.07, 6.45) is 0. The third-order valence-electron chi connectivity index (χ3n) is 6.02. The molecule has 2 N–H and O–H groups in total. The molecule has 4 nitrogen and oxygen atoms in total. The Morgan fingerprint density at radius 3 is 1.24 bits per heavy atom. The van der Waals surface area contributed by atoms with Crippen molar-refractivity contribution in [2.45, 2.75) is 25.2 Å². The van der Waals surface area contributed by atoms with Gasteiger partial charge in [0, 0.05) is 24.2 Å². The minimum atomic E-state index is -0.0728. The number of methoxy groups -OCH3 is 2. The van der Waals surface area contributed by atoms with Crippen molar-refractivity contribution in [3.05, 3.63) is 131 Å². The number of para-hydroxylation sites is 2. The lowest BCUT2D eigenvalue weighted by atomic mass is 9.91. The highest BCUT2D eigenvalue weighted by molar-refractivity contribution is 5.42. The third kappa shape index (κ3) is 5.84. The van der Waals surface area contributed by atoms with Gasteiger partial charge < -0.3 is 20.1 Å². The van der Waals surface area contributed by atoms with E-state index in [0.29, 0.717) is 0 Å². The predicted octanol–water partition coefficient (Wildman–Crippen LogP) is 6.07. The van der Waals surface area contributed by atoms with Crippen molar-refractivity contribution in [2.75, 3.05) is 14.2 Å². The van der Waals surface area contributed by atoms with Gasteiger partial charge in [-0.15, -0.1) is 0 Å². The van der Waals surface area contributed by atoms with Gasteiger partial charge in [0.25, 0.3) is 0 Å². The average Bonchev–Trinajstić information content (AvgIpc) is 2.91. The molecule has 0 heterocycles. The van der Waals surface area contributed by atoms with E-state index in [1.54, 1.807) is 14.2 Å². The van der Waals surface area contributed by atoms with E-state index >= 15 is 0 Å². The minimum Gasteiger partial charge on any atom is -0.496 e. The molecule has 0 unspecified atom stereocenters. The second-order valence-corrected chi connectivity index (χ2v) is 8.17. The van der Waals surface area contributed by atoms with Crippen LogP contribution in [0.5, 0.6) is 11.5 Å². The molecule has 0 spiro atoms. The molecule has 4 aromatic rings. The Morgan fingerprint density at radius 2 is 0.853 bits per heavy atom. The largest absolute Gasteiger partial charge is 0.496 e. The fourth-order valence-corrected chi connectivity index (χ4v) is 4.31. The molecule has 0 aliphatic rings. The maximum Gasteiger partial charge on any atom is 0.123 e. The lowest BCUT2D eigenvalue weighted by Gasteiger charge is -2.32. The van der Waals surface area contributed by atoms with Gasteiger partial charge in [-0.3, -0.25) is 0 Å². The van der Waals surface area contributed by atoms with Gasteiger partial charge in [0.05, 0.1) is 26.3 Å². The summed E-state index contributed by atoms with van der Waals surface area (Å²) in [6, 6.07) is 37.2. The zero-order valence-electron chi connectivity index (χ0n) is 19.8. The van der Waals surface area contributed by atoms with Gasteiger partial charge in [-0.05, 0) is 23.3 Å². The first-order chi connectivity index (χ1) is 16.8. The summed E-state index contributed by atoms with van der Waals surface area (Å²) in [5.41, 5.74) is 4.64. The summed E-state index contributed by atoms with van der Waals surface area (Å²) < 4.78 is 11.6. The van der Waals surface area contributed by atoms with Crippen LogP contribution in [0.15, 0.2) is 109 Å². The Hall–Kier alpha value is -3.60. The Labute approximate surface area is 202 Å². The highest BCUT2D eigenvalue weighted by Gasteiger charge is 2.29. The Balaban J connectivity index is 1.75. The van der Waals surface area contributed by atoms with Crippen molar-refractivity contribution in [1.29, 1.82) is 0 Å². The van der Waals surface area contributed by atoms with Crippen molar-refractivity contribution < 1.29 is 9.47 Å². The van der Waals surface area contributed by atoms with Gasteiger partial charge in [0.15, 0.2) is 0 Å². The summed E-state index contributed by atoms with van der Waals surface area (Å²) in [6.45, 7) is 1.45. The predicted molar refractivity (Wildman–Crippen MR) is 138 cm³/mol. The first-order valence-corrected chi connectivity index (χ1v) is 11.6. The molecule has 4 rings (SSSR count). The molecular weight excluding hydrogens is 420 g/mol. The van der Waals surface area contributed by atoms with Crippen molar-refractivity contribution in [3.8, 4) is 11.5 Å². The number of ether oxygens (including phenoxy) is 2. The number of nitrogens with one attached hydrogen (secondary N) is 2. The van der Waals surface area contributed by atoms with Crippen LogP contribution < -0.4 is 20.1 Å². The van der Waals surface area contributed by atoms with E-state index < -0.39 is 0 Å². The highest BCUT2D eigenvalue weighted by Crippen LogP contribution is 2.38. The van der Waals surface area contributed by atoms with E-state index in [1.165, 1.54) is 11.1 Å². The molecule has 0 amide bonds. The molecule has 0 aromatic heterocycles. The zero-order chi connectivity index (χ0) is 23.6. The first-order valence-electron chi connectivity index (χ1n) is 11.6. The van der Waals surface area contributed by atoms with Gasteiger partial charge in [-0.25, -0.2) is 0 Å². The van der Waals surface area contributed by atoms with E-state index in [9.17, 15) is 0 Å². The molecule has 0 bridgehead atoms. The van der Waals surface area contributed by atoms with Crippen LogP contribution in [0.25, 0.3) is 0 Å². The fraction of sp³-hybridized carbons (Fsp3) is 0.200. The quantitative estimate of drug-likeness (QED) is 0.290. The third-order valence-corrected chi connectivity index (χ3v) is 6.02. The molecule has 2 atom stereocenters. The van der Waals surface area contributed by atoms with E-state index in [1.807, 2.05) is 36.4 Å². The second kappa shape index (κ2) is 12.0. The fourth-order valence-electron chi connectivity index (χ4n) is 4.31. The molecule has 4 aromatic carbocycles. The van der Waals surface area contributed by atoms with Gasteiger partial charge in [-0.2, -0.15) is 0 Å². The molecule has 0 aliphatic heterocycles. The van der Waals surface area contributed by atoms with Crippen molar-refractivity contribution >= 4 is 0 Å². The number of hydrogen-bond donors (Lipinski definition) is 2. The van der Waals surface area contributed by atoms with Crippen LogP contribution in [0.1, 0.15) is 34.3 Å². The molecule has 174 valence electrons. The van der Waals surface area contributed by atoms with Crippen LogP contribution in [0, 0.1) is 0 Å². The number of benzene rings is 4. The van der Waals surface area contributed by atoms with Gasteiger partial charge in [0.2, 0.25) is 0 Å². The van der Waals surface area contributed by atoms with Gasteiger partial charge in [0.1, 0.15) is 11.5 Å². The standard InChI is InChI=1S/C30H32N2O2/c1-33-27-19-11-9-17-25(27)29(31-21-23-13-5-3-6-14-23)30(26-18-10-12-20-28(26)34-2)32-22-24-15-7-4-8-16-24/h3-20,29-32H,21-22H2,1-2H3/t29-,30-/m0/s1. The summed E-state index contributed by atoms with van der Waals surface area (Å²) >= 11 is 0. The van der Waals surface area contributed by atoms with Crippen LogP contribution >= 0.6 is 0 Å². The molecule has 4 heteroatoms. The zero-order valence-corrected chi connectivity index (χ0v) is 19.8. The Bertz CT molecular complexity index is 1060. The average molecular weight is 453 g/mol. The molecule has 0 radical (unpaired) electrons. The van der Waals surface area contributed by atoms with Crippen LogP contribution in [-0.2, 0) is 13.1 Å². The topological polar surface area (TPSA) is 42.5 Å². The van der Waals surface area contributed by atoms with Gasteiger partial charge in [-0.1, -0.05) is 97.1 Å². The summed E-state index contributed by atoms with van der Waals surface area (Å²) in [5.74, 6) is 1.71. The van der Waals surface area contributed by atoms with Gasteiger partial charge >= 0.3 is 0 Å². The lowest BCUT2D eigenvalue weighted by molar-refractivity contribution is 0.341. The SMILES string of the molecule is COc1ccccc1[C@H](NCc1ccccc1)[C@@H](NCc1ccccc1)c1ccccc1OC. The van der Waals surface area contributed by atoms with Crippen molar-refractivity contribution in [1.82, 2.24) is 10.6 Å². The Morgan fingerprint density at radius 1 is 0.500 bits per heavy atom. The molecule has 0 aliphatic carbocycles. The summed E-state index contributed by atoms with van der Waals surface area (Å²) in [5, 5.41) is 7.63. The van der Waals surface area contributed by atoms with Crippen molar-refractivity contribution in [3.63, 3.8) is 0 Å². The molecule has 0 saturated heterocycles. The van der Waals surface area contributed by atoms with Crippen LogP contribution in [0.3, 0.4) is 0 Å². The molecule has 34 heavy (non-hydrogen) atoms. The van der Waals surface area contributed by atoms with E-state index in [2.05, 4.69) is 83.4 Å². The maximum atomic E-state index is 5.78.